The van der Waals surface area contributed by atoms with Gasteiger partial charge in [-0.2, -0.15) is 0 Å². The van der Waals surface area contributed by atoms with Crippen molar-refractivity contribution in [3.05, 3.63) is 29.6 Å². The van der Waals surface area contributed by atoms with Crippen LogP contribution in [0.1, 0.15) is 12.5 Å². The maximum absolute atomic E-state index is 12.8. The van der Waals surface area contributed by atoms with Gasteiger partial charge in [-0.15, -0.1) is 0 Å². The minimum Gasteiger partial charge on any atom is -0.486 e. The van der Waals surface area contributed by atoms with Crippen molar-refractivity contribution in [2.75, 3.05) is 6.54 Å². The molecule has 1 aliphatic heterocycles. The first-order chi connectivity index (χ1) is 6.13. The van der Waals surface area contributed by atoms with Crippen molar-refractivity contribution < 1.29 is 9.13 Å². The third kappa shape index (κ3) is 1.40. The first-order valence-electron chi connectivity index (χ1n) is 4.30. The monoisotopic (exact) mass is 181 g/mol. The van der Waals surface area contributed by atoms with Crippen molar-refractivity contribution in [2.24, 2.45) is 5.73 Å². The number of rotatable bonds is 1. The second kappa shape index (κ2) is 2.70. The molecule has 0 radical (unpaired) electrons. The Kier molecular flexibility index (Phi) is 1.77. The molecule has 0 amide bonds. The van der Waals surface area contributed by atoms with Gasteiger partial charge in [0.2, 0.25) is 0 Å². The highest BCUT2D eigenvalue weighted by Crippen LogP contribution is 2.34. The highest BCUT2D eigenvalue weighted by atomic mass is 19.1. The van der Waals surface area contributed by atoms with E-state index >= 15 is 0 Å². The molecule has 2 nitrogen and oxygen atoms in total. The largest absolute Gasteiger partial charge is 0.486 e. The van der Waals surface area contributed by atoms with Crippen molar-refractivity contribution in [1.29, 1.82) is 0 Å². The van der Waals surface area contributed by atoms with E-state index in [0.29, 0.717) is 12.3 Å². The van der Waals surface area contributed by atoms with Crippen LogP contribution in [-0.4, -0.2) is 12.1 Å². The zero-order chi connectivity index (χ0) is 9.47. The summed E-state index contributed by atoms with van der Waals surface area (Å²) in [7, 11) is 0. The van der Waals surface area contributed by atoms with Crippen LogP contribution >= 0.6 is 0 Å². The van der Waals surface area contributed by atoms with E-state index in [1.807, 2.05) is 6.92 Å². The number of nitrogens with two attached hydrogens (primary N) is 1. The number of ether oxygens (including phenoxy) is 1. The highest BCUT2D eigenvalue weighted by molar-refractivity contribution is 5.39. The number of benzene rings is 1. The first kappa shape index (κ1) is 8.51. The van der Waals surface area contributed by atoms with Crippen LogP contribution < -0.4 is 10.5 Å². The van der Waals surface area contributed by atoms with E-state index in [-0.39, 0.29) is 11.4 Å². The van der Waals surface area contributed by atoms with Crippen molar-refractivity contribution >= 4 is 0 Å². The Morgan fingerprint density at radius 3 is 3.08 bits per heavy atom. The molecule has 1 aliphatic rings. The summed E-state index contributed by atoms with van der Waals surface area (Å²) in [4.78, 5) is 0. The Balaban J connectivity index is 2.35. The predicted octanol–water partition coefficient (Wildman–Crippen LogP) is 1.48. The zero-order valence-corrected chi connectivity index (χ0v) is 7.51. The van der Waals surface area contributed by atoms with Crippen LogP contribution in [0.2, 0.25) is 0 Å². The topological polar surface area (TPSA) is 35.2 Å². The quantitative estimate of drug-likeness (QED) is 0.712. The maximum atomic E-state index is 12.8. The lowest BCUT2D eigenvalue weighted by atomic mass is 10.00. The first-order valence-corrected chi connectivity index (χ1v) is 4.30. The highest BCUT2D eigenvalue weighted by Gasteiger charge is 2.33. The van der Waals surface area contributed by atoms with Gasteiger partial charge in [-0.1, -0.05) is 6.07 Å². The van der Waals surface area contributed by atoms with E-state index in [1.54, 1.807) is 6.07 Å². The molecule has 2 N–H and O–H groups in total. The Hall–Kier alpha value is -1.09. The van der Waals surface area contributed by atoms with Gasteiger partial charge in [0.1, 0.15) is 17.2 Å². The summed E-state index contributed by atoms with van der Waals surface area (Å²) in [5, 5.41) is 0. The third-order valence-corrected chi connectivity index (χ3v) is 2.38. The van der Waals surface area contributed by atoms with Crippen LogP contribution in [0, 0.1) is 5.82 Å². The lowest BCUT2D eigenvalue weighted by Gasteiger charge is -2.21. The number of halogens is 1. The summed E-state index contributed by atoms with van der Waals surface area (Å²) in [6.45, 7) is 2.38. The average molecular weight is 181 g/mol. The summed E-state index contributed by atoms with van der Waals surface area (Å²) in [6, 6.07) is 4.62. The van der Waals surface area contributed by atoms with Gasteiger partial charge < -0.3 is 10.5 Å². The molecule has 1 aromatic rings. The fourth-order valence-electron chi connectivity index (χ4n) is 1.59. The second-order valence-corrected chi connectivity index (χ2v) is 3.68. The molecule has 0 fully saturated rings. The SMILES string of the molecule is CC1(CN)Cc2ccc(F)cc2O1. The fraction of sp³-hybridized carbons (Fsp3) is 0.400. The van der Waals surface area contributed by atoms with Crippen LogP contribution in [0.5, 0.6) is 5.75 Å². The average Bonchev–Trinajstić information content (AvgIpc) is 2.42. The molecule has 0 aromatic heterocycles. The van der Waals surface area contributed by atoms with E-state index in [0.717, 1.165) is 12.0 Å². The Morgan fingerprint density at radius 2 is 2.38 bits per heavy atom. The summed E-state index contributed by atoms with van der Waals surface area (Å²) >= 11 is 0. The Labute approximate surface area is 76.5 Å². The molecule has 2 rings (SSSR count). The van der Waals surface area contributed by atoms with Crippen LogP contribution in [0.3, 0.4) is 0 Å². The third-order valence-electron chi connectivity index (χ3n) is 2.38. The van der Waals surface area contributed by atoms with Gasteiger partial charge in [0.15, 0.2) is 0 Å². The molecule has 70 valence electrons. The van der Waals surface area contributed by atoms with Gasteiger partial charge in [-0.3, -0.25) is 0 Å². The lowest BCUT2D eigenvalue weighted by molar-refractivity contribution is 0.125. The standard InChI is InChI=1S/C10H12FNO/c1-10(6-12)5-7-2-3-8(11)4-9(7)13-10/h2-4H,5-6,12H2,1H3. The number of hydrogen-bond donors (Lipinski definition) is 1. The van der Waals surface area contributed by atoms with Crippen molar-refractivity contribution in [3.63, 3.8) is 0 Å². The van der Waals surface area contributed by atoms with E-state index in [2.05, 4.69) is 0 Å². The molecule has 0 saturated carbocycles. The molecular weight excluding hydrogens is 169 g/mol. The molecule has 0 spiro atoms. The van der Waals surface area contributed by atoms with E-state index in [9.17, 15) is 4.39 Å². The molecule has 1 aromatic carbocycles. The van der Waals surface area contributed by atoms with Crippen molar-refractivity contribution in [1.82, 2.24) is 0 Å². The lowest BCUT2D eigenvalue weighted by Crippen LogP contribution is -2.38. The summed E-state index contributed by atoms with van der Waals surface area (Å²) in [5.74, 6) is 0.368. The molecule has 0 aliphatic carbocycles. The molecule has 0 bridgehead atoms. The number of hydrogen-bond acceptors (Lipinski definition) is 2. The molecule has 3 heteroatoms. The van der Waals surface area contributed by atoms with Gasteiger partial charge >= 0.3 is 0 Å². The number of fused-ring (bicyclic) bond motifs is 1. The van der Waals surface area contributed by atoms with Crippen LogP contribution in [0.25, 0.3) is 0 Å². The Morgan fingerprint density at radius 1 is 1.62 bits per heavy atom. The molecule has 13 heavy (non-hydrogen) atoms. The smallest absolute Gasteiger partial charge is 0.126 e. The van der Waals surface area contributed by atoms with Gasteiger partial charge in [0.05, 0.1) is 0 Å². The molecule has 1 heterocycles. The van der Waals surface area contributed by atoms with E-state index in [4.69, 9.17) is 10.5 Å². The predicted molar refractivity (Wildman–Crippen MR) is 48.2 cm³/mol. The zero-order valence-electron chi connectivity index (χ0n) is 7.51. The van der Waals surface area contributed by atoms with Crippen LogP contribution in [0.4, 0.5) is 4.39 Å². The normalized spacial score (nSPS) is 25.5. The molecule has 1 unspecified atom stereocenters. The maximum Gasteiger partial charge on any atom is 0.126 e. The molecule has 1 atom stereocenters. The minimum atomic E-state index is -0.351. The summed E-state index contributed by atoms with van der Waals surface area (Å²) < 4.78 is 18.4. The van der Waals surface area contributed by atoms with Crippen LogP contribution in [0.15, 0.2) is 18.2 Å². The van der Waals surface area contributed by atoms with Crippen molar-refractivity contribution in [3.8, 4) is 5.75 Å². The summed E-state index contributed by atoms with van der Waals surface area (Å²) in [6.07, 6.45) is 0.763. The van der Waals surface area contributed by atoms with E-state index in [1.165, 1.54) is 12.1 Å². The molecule has 0 saturated heterocycles. The molecular formula is C10H12FNO. The van der Waals surface area contributed by atoms with Crippen molar-refractivity contribution in [2.45, 2.75) is 18.9 Å². The summed E-state index contributed by atoms with van der Waals surface area (Å²) in [5.41, 5.74) is 6.25. The van der Waals surface area contributed by atoms with Gasteiger partial charge in [0.25, 0.3) is 0 Å². The Bertz CT molecular complexity index is 340. The van der Waals surface area contributed by atoms with Crippen LogP contribution in [-0.2, 0) is 6.42 Å². The van der Waals surface area contributed by atoms with E-state index < -0.39 is 0 Å². The van der Waals surface area contributed by atoms with Gasteiger partial charge in [-0.05, 0) is 18.6 Å². The minimum absolute atomic E-state index is 0.264. The van der Waals surface area contributed by atoms with Gasteiger partial charge in [-0.25, -0.2) is 4.39 Å². The second-order valence-electron chi connectivity index (χ2n) is 3.68. The van der Waals surface area contributed by atoms with Gasteiger partial charge in [0, 0.05) is 19.0 Å². The fourth-order valence-corrected chi connectivity index (χ4v) is 1.59.